The van der Waals surface area contributed by atoms with Crippen LogP contribution in [0.5, 0.6) is 0 Å². The lowest BCUT2D eigenvalue weighted by molar-refractivity contribution is 1.14. The number of azide groups is 1. The molecular formula is C7H4BrN5. The fourth-order valence-electron chi connectivity index (χ4n) is 0.574. The lowest BCUT2D eigenvalue weighted by Gasteiger charge is -1.87. The first-order valence-corrected chi connectivity index (χ1v) is 4.09. The third-order valence-electron chi connectivity index (χ3n) is 1.05. The number of halogens is 1. The van der Waals surface area contributed by atoms with E-state index >= 15 is 0 Å². The summed E-state index contributed by atoms with van der Waals surface area (Å²) in [5.74, 6) is 5.33. The lowest BCUT2D eigenvalue weighted by atomic mass is 10.4. The maximum absolute atomic E-state index is 7.96. The molecule has 0 N–H and O–H groups in total. The molecular weight excluding hydrogens is 234 g/mol. The highest BCUT2D eigenvalue weighted by molar-refractivity contribution is 9.10. The van der Waals surface area contributed by atoms with E-state index in [9.17, 15) is 0 Å². The van der Waals surface area contributed by atoms with Crippen molar-refractivity contribution in [2.45, 2.75) is 0 Å². The molecule has 1 aromatic rings. The summed E-state index contributed by atoms with van der Waals surface area (Å²) < 4.78 is 0.660. The maximum atomic E-state index is 7.96. The molecule has 13 heavy (non-hydrogen) atoms. The monoisotopic (exact) mass is 237 g/mol. The van der Waals surface area contributed by atoms with E-state index in [0.717, 1.165) is 0 Å². The van der Waals surface area contributed by atoms with Gasteiger partial charge in [0.05, 0.1) is 18.9 Å². The Kier molecular flexibility index (Phi) is 3.76. The van der Waals surface area contributed by atoms with Gasteiger partial charge in [-0.2, -0.15) is 0 Å². The first kappa shape index (κ1) is 9.52. The average Bonchev–Trinajstić information content (AvgIpc) is 2.15. The van der Waals surface area contributed by atoms with E-state index in [1.165, 1.54) is 6.20 Å². The highest BCUT2D eigenvalue weighted by Gasteiger charge is 1.88. The van der Waals surface area contributed by atoms with Gasteiger partial charge in [-0.3, -0.25) is 0 Å². The van der Waals surface area contributed by atoms with Gasteiger partial charge in [-0.25, -0.2) is 9.97 Å². The van der Waals surface area contributed by atoms with Crippen LogP contribution in [0.4, 0.5) is 0 Å². The molecule has 1 aromatic heterocycles. The lowest BCUT2D eigenvalue weighted by Crippen LogP contribution is -1.84. The normalized spacial score (nSPS) is 8.08. The van der Waals surface area contributed by atoms with Crippen molar-refractivity contribution >= 4 is 15.9 Å². The van der Waals surface area contributed by atoms with E-state index < -0.39 is 0 Å². The molecule has 0 spiro atoms. The quantitative estimate of drug-likeness (QED) is 0.324. The van der Waals surface area contributed by atoms with Crippen molar-refractivity contribution in [2.24, 2.45) is 5.11 Å². The van der Waals surface area contributed by atoms with Gasteiger partial charge in [-0.05, 0) is 27.4 Å². The Bertz CT molecular complexity index is 382. The van der Waals surface area contributed by atoms with E-state index in [-0.39, 0.29) is 6.54 Å². The first-order valence-electron chi connectivity index (χ1n) is 3.30. The zero-order chi connectivity index (χ0) is 9.52. The molecule has 0 saturated heterocycles. The number of aromatic nitrogens is 2. The van der Waals surface area contributed by atoms with Gasteiger partial charge in [0, 0.05) is 4.91 Å². The van der Waals surface area contributed by atoms with Gasteiger partial charge < -0.3 is 0 Å². The second-order valence-corrected chi connectivity index (χ2v) is 2.73. The minimum Gasteiger partial charge on any atom is -0.245 e. The molecule has 0 bridgehead atoms. The molecule has 0 aliphatic rings. The number of rotatable bonds is 1. The molecule has 0 aromatic carbocycles. The molecule has 0 saturated carbocycles. The van der Waals surface area contributed by atoms with Crippen LogP contribution < -0.4 is 0 Å². The summed E-state index contributed by atoms with van der Waals surface area (Å²) >= 11 is 3.15. The van der Waals surface area contributed by atoms with E-state index in [1.54, 1.807) is 6.20 Å². The summed E-state index contributed by atoms with van der Waals surface area (Å²) in [6.07, 6.45) is 3.09. The summed E-state index contributed by atoms with van der Waals surface area (Å²) in [5, 5.41) is 3.25. The van der Waals surface area contributed by atoms with Crippen LogP contribution >= 0.6 is 15.9 Å². The van der Waals surface area contributed by atoms with E-state index in [2.05, 4.69) is 47.8 Å². The van der Waals surface area contributed by atoms with Crippen molar-refractivity contribution < 1.29 is 0 Å². The zero-order valence-electron chi connectivity index (χ0n) is 6.48. The van der Waals surface area contributed by atoms with Crippen LogP contribution in [-0.2, 0) is 0 Å². The first-order chi connectivity index (χ1) is 6.33. The molecule has 5 nitrogen and oxygen atoms in total. The van der Waals surface area contributed by atoms with Crippen LogP contribution in [0.1, 0.15) is 5.69 Å². The molecule has 0 atom stereocenters. The zero-order valence-corrected chi connectivity index (χ0v) is 8.06. The van der Waals surface area contributed by atoms with E-state index in [1.807, 2.05) is 0 Å². The SMILES string of the molecule is [N-]=[N+]=NCC#Cc1cnc(Br)cn1. The van der Waals surface area contributed by atoms with Gasteiger partial charge in [0.2, 0.25) is 0 Å². The van der Waals surface area contributed by atoms with Gasteiger partial charge in [0.15, 0.2) is 0 Å². The summed E-state index contributed by atoms with van der Waals surface area (Å²) in [6, 6.07) is 0. The molecule has 1 rings (SSSR count). The van der Waals surface area contributed by atoms with Crippen molar-refractivity contribution in [1.29, 1.82) is 0 Å². The summed E-state index contributed by atoms with van der Waals surface area (Å²) in [7, 11) is 0. The average molecular weight is 238 g/mol. The fraction of sp³-hybridized carbons (Fsp3) is 0.143. The van der Waals surface area contributed by atoms with Crippen molar-refractivity contribution in [3.8, 4) is 11.8 Å². The molecule has 0 amide bonds. The third kappa shape index (κ3) is 3.56. The molecule has 64 valence electrons. The van der Waals surface area contributed by atoms with Crippen molar-refractivity contribution in [1.82, 2.24) is 9.97 Å². The second kappa shape index (κ2) is 5.14. The maximum Gasteiger partial charge on any atom is 0.131 e. The number of hydrogen-bond acceptors (Lipinski definition) is 3. The Morgan fingerprint density at radius 3 is 3.00 bits per heavy atom. The minimum atomic E-state index is 0.147. The third-order valence-corrected chi connectivity index (χ3v) is 1.46. The molecule has 1 heterocycles. The molecule has 0 fully saturated rings. The van der Waals surface area contributed by atoms with Crippen LogP contribution in [0, 0.1) is 11.8 Å². The largest absolute Gasteiger partial charge is 0.245 e. The number of nitrogens with zero attached hydrogens (tertiary/aromatic N) is 5. The van der Waals surface area contributed by atoms with E-state index in [4.69, 9.17) is 5.53 Å². The van der Waals surface area contributed by atoms with Crippen molar-refractivity contribution in [2.75, 3.05) is 6.54 Å². The highest BCUT2D eigenvalue weighted by atomic mass is 79.9. The van der Waals surface area contributed by atoms with Gasteiger partial charge in [0.25, 0.3) is 0 Å². The summed E-state index contributed by atoms with van der Waals surface area (Å²) in [4.78, 5) is 10.4. The standard InChI is InChI=1S/C7H4BrN5/c8-7-5-10-6(4-11-7)2-1-3-12-13-9/h4-5H,3H2. The predicted octanol–water partition coefficient (Wildman–Crippen LogP) is 1.90. The number of hydrogen-bond donors (Lipinski definition) is 0. The Hall–Kier alpha value is -1.57. The molecule has 0 unspecified atom stereocenters. The van der Waals surface area contributed by atoms with Gasteiger partial charge >= 0.3 is 0 Å². The molecule has 0 aliphatic heterocycles. The summed E-state index contributed by atoms with van der Waals surface area (Å²) in [6.45, 7) is 0.147. The smallest absolute Gasteiger partial charge is 0.131 e. The van der Waals surface area contributed by atoms with Crippen LogP contribution in [-0.4, -0.2) is 16.5 Å². The van der Waals surface area contributed by atoms with Crippen LogP contribution in [0.15, 0.2) is 22.1 Å². The van der Waals surface area contributed by atoms with Gasteiger partial charge in [-0.15, -0.1) is 0 Å². The Balaban J connectivity index is 2.66. The minimum absolute atomic E-state index is 0.147. The van der Waals surface area contributed by atoms with Crippen LogP contribution in [0.3, 0.4) is 0 Å². The summed E-state index contributed by atoms with van der Waals surface area (Å²) in [5.41, 5.74) is 8.51. The van der Waals surface area contributed by atoms with E-state index in [0.29, 0.717) is 10.3 Å². The second-order valence-electron chi connectivity index (χ2n) is 1.92. The van der Waals surface area contributed by atoms with Crippen LogP contribution in [0.2, 0.25) is 0 Å². The Morgan fingerprint density at radius 2 is 2.38 bits per heavy atom. The molecule has 6 heteroatoms. The Morgan fingerprint density at radius 1 is 1.54 bits per heavy atom. The van der Waals surface area contributed by atoms with Crippen molar-refractivity contribution in [3.63, 3.8) is 0 Å². The molecule has 0 aliphatic carbocycles. The highest BCUT2D eigenvalue weighted by Crippen LogP contribution is 2.01. The van der Waals surface area contributed by atoms with Gasteiger partial charge in [-0.1, -0.05) is 11.0 Å². The van der Waals surface area contributed by atoms with Crippen molar-refractivity contribution in [3.05, 3.63) is 33.1 Å². The van der Waals surface area contributed by atoms with Gasteiger partial charge in [0.1, 0.15) is 10.3 Å². The molecule has 0 radical (unpaired) electrons. The Labute approximate surface area is 83.0 Å². The topological polar surface area (TPSA) is 74.5 Å². The van der Waals surface area contributed by atoms with Crippen LogP contribution in [0.25, 0.3) is 10.4 Å². The fourth-order valence-corrected chi connectivity index (χ4v) is 0.779. The predicted molar refractivity (Wildman–Crippen MR) is 50.6 cm³/mol.